The zero-order valence-electron chi connectivity index (χ0n) is 42.9. The van der Waals surface area contributed by atoms with Crippen molar-refractivity contribution in [1.29, 1.82) is 0 Å². The molecule has 0 amide bonds. The number of hydrogen-bond donors (Lipinski definition) is 0. The Hall–Kier alpha value is -7.98. The molecule has 2 nitrogen and oxygen atoms in total. The third kappa shape index (κ3) is 7.71. The molecule has 0 aliphatic heterocycles. The van der Waals surface area contributed by atoms with E-state index in [0.717, 1.165) is 80.0 Å². The number of aromatic nitrogens is 2. The molecule has 13 aromatic rings. The van der Waals surface area contributed by atoms with Crippen molar-refractivity contribution in [2.75, 3.05) is 0 Å². The predicted octanol–water partition coefficient (Wildman–Crippen LogP) is 6.16. The van der Waals surface area contributed by atoms with E-state index in [1.807, 2.05) is 30.3 Å². The van der Waals surface area contributed by atoms with Crippen LogP contribution in [0.3, 0.4) is 0 Å². The van der Waals surface area contributed by atoms with Crippen LogP contribution < -0.4 is 54.6 Å². The standard InChI is InChI=1S/C66H36B10N2S/c67-56-54(57(68)61(72)64(75)60(56)71)47-35-42(79(39-20-7-2-8-21-39,40-22-9-3-10-23-40)41-24-11-4-12-25-41)36-48(55-58(69)62(73)65(76)63(74)59(55)70)66(47)78-50-30-16-14-27-45(50)53-43(28-17-31-52(53)78)37-32-33-51-46(34-37)44-26-13-15-29-49(44)77(51)38-18-5-1-6-19-38/h1-36H. The second-order valence-corrected chi connectivity index (χ2v) is 22.9. The Morgan fingerprint density at radius 2 is 0.658 bits per heavy atom. The molecule has 346 valence electrons. The van der Waals surface area contributed by atoms with Gasteiger partial charge in [-0.3, -0.25) is 0 Å². The maximum absolute atomic E-state index is 7.32. The molecule has 0 fully saturated rings. The van der Waals surface area contributed by atoms with Gasteiger partial charge in [-0.2, -0.15) is 0 Å². The van der Waals surface area contributed by atoms with Gasteiger partial charge in [-0.25, -0.2) is 0 Å². The molecule has 2 aromatic heterocycles. The SMILES string of the molecule is [B]c1c([B])c([B])c(-c2cc(S(c3ccccc3)(c3ccccc3)c3ccccc3)cc(-c3c([B])c([B])c([B])c([B])c3[B])c2-n2c3ccccc3c3c(-c4ccc5c(c4)c4ccccc4n5-c4ccccc4)cccc32)c([B])c1[B]. The van der Waals surface area contributed by atoms with Crippen LogP contribution in [0.25, 0.3) is 88.4 Å². The molecular weight excluding hydrogens is 961 g/mol. The van der Waals surface area contributed by atoms with E-state index in [4.69, 9.17) is 78.5 Å². The van der Waals surface area contributed by atoms with Crippen LogP contribution in [-0.4, -0.2) is 87.6 Å². The third-order valence-corrected chi connectivity index (χ3v) is 19.5. The summed E-state index contributed by atoms with van der Waals surface area (Å²) in [5.74, 6) is 0. The summed E-state index contributed by atoms with van der Waals surface area (Å²) in [6.07, 6.45) is 0. The fourth-order valence-corrected chi connectivity index (χ4v) is 15.8. The van der Waals surface area contributed by atoms with E-state index in [1.165, 1.54) is 0 Å². The molecule has 0 aliphatic carbocycles. The van der Waals surface area contributed by atoms with Crippen molar-refractivity contribution >= 4 is 187 Å². The first kappa shape index (κ1) is 50.5. The Balaban J connectivity index is 1.23. The molecule has 20 radical (unpaired) electrons. The van der Waals surface area contributed by atoms with Gasteiger partial charge in [0.2, 0.25) is 0 Å². The van der Waals surface area contributed by atoms with Crippen LogP contribution >= 0.6 is 10.0 Å². The fraction of sp³-hybridized carbons (Fsp3) is 0. The average Bonchev–Trinajstić information content (AvgIpc) is 4.27. The van der Waals surface area contributed by atoms with E-state index in [9.17, 15) is 0 Å². The molecule has 13 heteroatoms. The highest BCUT2D eigenvalue weighted by Gasteiger charge is 2.36. The molecule has 11 aromatic carbocycles. The molecule has 0 aliphatic rings. The fourth-order valence-electron chi connectivity index (χ4n) is 11.9. The zero-order valence-corrected chi connectivity index (χ0v) is 43.7. The van der Waals surface area contributed by atoms with Crippen LogP contribution in [0, 0.1) is 0 Å². The van der Waals surface area contributed by atoms with Gasteiger partial charge in [0.15, 0.2) is 0 Å². The number of rotatable bonds is 9. The van der Waals surface area contributed by atoms with Crippen LogP contribution in [0.1, 0.15) is 0 Å². The molecule has 79 heavy (non-hydrogen) atoms. The summed E-state index contributed by atoms with van der Waals surface area (Å²) in [5, 5.41) is 4.21. The minimum absolute atomic E-state index is 0.0763. The highest BCUT2D eigenvalue weighted by Crippen LogP contribution is 2.74. The van der Waals surface area contributed by atoms with Gasteiger partial charge in [-0.1, -0.05) is 149 Å². The highest BCUT2D eigenvalue weighted by molar-refractivity contribution is 8.34. The lowest BCUT2D eigenvalue weighted by molar-refractivity contribution is 1.17. The molecular formula is C66H36B10N2S. The van der Waals surface area contributed by atoms with Crippen LogP contribution in [0.2, 0.25) is 0 Å². The third-order valence-electron chi connectivity index (χ3n) is 15.6. The monoisotopic (exact) mass is 998 g/mol. The van der Waals surface area contributed by atoms with Gasteiger partial charge in [0.25, 0.3) is 0 Å². The molecule has 2 heterocycles. The maximum atomic E-state index is 7.32. The van der Waals surface area contributed by atoms with E-state index in [-0.39, 0.29) is 54.6 Å². The van der Waals surface area contributed by atoms with Crippen molar-refractivity contribution in [3.8, 4) is 44.8 Å². The van der Waals surface area contributed by atoms with Gasteiger partial charge in [-0.05, 0) is 113 Å². The van der Waals surface area contributed by atoms with E-state index in [1.54, 1.807) is 0 Å². The van der Waals surface area contributed by atoms with Gasteiger partial charge in [0, 0.05) is 57.9 Å². The Bertz CT molecular complexity index is 4360. The maximum Gasteiger partial charge on any atom is 0.113 e. The van der Waals surface area contributed by atoms with Crippen molar-refractivity contribution in [1.82, 2.24) is 9.13 Å². The summed E-state index contributed by atoms with van der Waals surface area (Å²) < 4.78 is 4.54. The van der Waals surface area contributed by atoms with E-state index >= 15 is 0 Å². The number of hydrogen-bond acceptors (Lipinski definition) is 0. The van der Waals surface area contributed by atoms with E-state index in [0.29, 0.717) is 27.9 Å². The largest absolute Gasteiger partial charge is 0.309 e. The van der Waals surface area contributed by atoms with E-state index < -0.39 is 10.0 Å². The molecule has 0 unspecified atom stereocenters. The predicted molar refractivity (Wildman–Crippen MR) is 345 cm³/mol. The summed E-state index contributed by atoms with van der Waals surface area (Å²) >= 11 is 0. The lowest BCUT2D eigenvalue weighted by Crippen LogP contribution is -2.55. The van der Waals surface area contributed by atoms with Crippen molar-refractivity contribution in [3.05, 3.63) is 218 Å². The normalized spacial score (nSPS) is 12.0. The molecule has 0 saturated carbocycles. The molecule has 13 rings (SSSR count). The summed E-state index contributed by atoms with van der Waals surface area (Å²) in [6, 6.07) is 76.1. The summed E-state index contributed by atoms with van der Waals surface area (Å²) in [4.78, 5) is 3.97. The summed E-state index contributed by atoms with van der Waals surface area (Å²) in [5.41, 5.74) is 10.4. The van der Waals surface area contributed by atoms with Crippen LogP contribution in [-0.2, 0) is 0 Å². The van der Waals surface area contributed by atoms with Gasteiger partial charge < -0.3 is 9.13 Å². The Labute approximate surface area is 475 Å². The highest BCUT2D eigenvalue weighted by atomic mass is 32.3. The topological polar surface area (TPSA) is 9.86 Å². The van der Waals surface area contributed by atoms with Crippen LogP contribution in [0.4, 0.5) is 0 Å². The van der Waals surface area contributed by atoms with Crippen molar-refractivity contribution < 1.29 is 0 Å². The lowest BCUT2D eigenvalue weighted by atomic mass is 9.58. The summed E-state index contributed by atoms with van der Waals surface area (Å²) in [7, 11) is 67.7. The summed E-state index contributed by atoms with van der Waals surface area (Å²) in [6.45, 7) is 0. The van der Waals surface area contributed by atoms with Crippen molar-refractivity contribution in [3.63, 3.8) is 0 Å². The van der Waals surface area contributed by atoms with Crippen molar-refractivity contribution in [2.24, 2.45) is 0 Å². The molecule has 0 spiro atoms. The Morgan fingerprint density at radius 1 is 0.266 bits per heavy atom. The van der Waals surface area contributed by atoms with Crippen LogP contribution in [0.5, 0.6) is 0 Å². The molecule has 0 N–H and O–H groups in total. The van der Waals surface area contributed by atoms with Crippen LogP contribution in [0.15, 0.2) is 238 Å². The lowest BCUT2D eigenvalue weighted by Gasteiger charge is -2.43. The molecule has 0 bridgehead atoms. The smallest absolute Gasteiger partial charge is 0.113 e. The number of para-hydroxylation sites is 3. The molecule has 0 atom stereocenters. The number of benzene rings is 11. The quantitative estimate of drug-likeness (QED) is 0.154. The number of fused-ring (bicyclic) bond motifs is 6. The van der Waals surface area contributed by atoms with Crippen molar-refractivity contribution in [2.45, 2.75) is 19.6 Å². The first-order chi connectivity index (χ1) is 38.4. The second-order valence-electron chi connectivity index (χ2n) is 19.8. The zero-order chi connectivity index (χ0) is 54.4. The minimum Gasteiger partial charge on any atom is -0.309 e. The van der Waals surface area contributed by atoms with Gasteiger partial charge in [-0.15, -0.1) is 42.8 Å². The van der Waals surface area contributed by atoms with E-state index in [2.05, 4.69) is 197 Å². The first-order valence-corrected chi connectivity index (χ1v) is 27.4. The first-order valence-electron chi connectivity index (χ1n) is 25.7. The minimum atomic E-state index is -2.49. The molecule has 0 saturated heterocycles. The average molecular weight is 997 g/mol. The Morgan fingerprint density at radius 3 is 1.15 bits per heavy atom. The van der Waals surface area contributed by atoms with Gasteiger partial charge in [0.1, 0.15) is 78.5 Å². The van der Waals surface area contributed by atoms with Gasteiger partial charge in [0.05, 0.1) is 27.8 Å². The number of nitrogens with zero attached hydrogens (tertiary/aromatic N) is 2. The van der Waals surface area contributed by atoms with Gasteiger partial charge >= 0.3 is 0 Å². The Kier molecular flexibility index (Phi) is 12.6. The second kappa shape index (κ2) is 19.7.